The lowest BCUT2D eigenvalue weighted by Gasteiger charge is -2.31. The number of carbonyl (C=O) groups excluding carboxylic acids is 1. The molecule has 1 N–H and O–H groups in total. The monoisotopic (exact) mass is 244 g/mol. The quantitative estimate of drug-likeness (QED) is 0.784. The summed E-state index contributed by atoms with van der Waals surface area (Å²) in [6.45, 7) is 1.83. The van der Waals surface area contributed by atoms with Crippen molar-refractivity contribution in [3.8, 4) is 12.3 Å². The van der Waals surface area contributed by atoms with Crippen molar-refractivity contribution in [2.75, 3.05) is 24.5 Å². The van der Waals surface area contributed by atoms with Crippen molar-refractivity contribution < 1.29 is 4.79 Å². The lowest BCUT2D eigenvalue weighted by Crippen LogP contribution is -2.43. The van der Waals surface area contributed by atoms with Crippen LogP contribution in [0.4, 0.5) is 5.95 Å². The van der Waals surface area contributed by atoms with Crippen LogP contribution in [0.1, 0.15) is 12.8 Å². The summed E-state index contributed by atoms with van der Waals surface area (Å²) in [5.41, 5.74) is 0. The van der Waals surface area contributed by atoms with Crippen LogP contribution >= 0.6 is 0 Å². The lowest BCUT2D eigenvalue weighted by molar-refractivity contribution is -0.124. The van der Waals surface area contributed by atoms with E-state index in [2.05, 4.69) is 21.2 Å². The van der Waals surface area contributed by atoms with Crippen LogP contribution in [0, 0.1) is 18.3 Å². The van der Waals surface area contributed by atoms with Crippen molar-refractivity contribution in [3.63, 3.8) is 0 Å². The van der Waals surface area contributed by atoms with E-state index in [1.807, 2.05) is 4.90 Å². The zero-order valence-corrected chi connectivity index (χ0v) is 10.2. The Hall–Kier alpha value is -2.09. The SMILES string of the molecule is C#CCNC(=O)C1CCCN(c2ncccn2)C1. The maximum absolute atomic E-state index is 11.9. The van der Waals surface area contributed by atoms with Gasteiger partial charge in [-0.3, -0.25) is 4.79 Å². The van der Waals surface area contributed by atoms with E-state index in [4.69, 9.17) is 6.42 Å². The molecule has 1 aromatic rings. The van der Waals surface area contributed by atoms with Crippen LogP contribution in [0.25, 0.3) is 0 Å². The van der Waals surface area contributed by atoms with Crippen LogP contribution in [0.3, 0.4) is 0 Å². The summed E-state index contributed by atoms with van der Waals surface area (Å²) in [6, 6.07) is 1.78. The Morgan fingerprint density at radius 2 is 2.33 bits per heavy atom. The smallest absolute Gasteiger partial charge is 0.225 e. The molecule has 94 valence electrons. The van der Waals surface area contributed by atoms with Gasteiger partial charge < -0.3 is 10.2 Å². The summed E-state index contributed by atoms with van der Waals surface area (Å²) in [5.74, 6) is 3.09. The van der Waals surface area contributed by atoms with Gasteiger partial charge in [0.25, 0.3) is 0 Å². The molecule has 1 aliphatic rings. The highest BCUT2D eigenvalue weighted by Crippen LogP contribution is 2.19. The highest BCUT2D eigenvalue weighted by Gasteiger charge is 2.26. The third kappa shape index (κ3) is 2.98. The first kappa shape index (κ1) is 12.4. The van der Waals surface area contributed by atoms with Gasteiger partial charge in [-0.1, -0.05) is 5.92 Å². The minimum Gasteiger partial charge on any atom is -0.345 e. The van der Waals surface area contributed by atoms with E-state index in [9.17, 15) is 4.79 Å². The number of nitrogens with zero attached hydrogens (tertiary/aromatic N) is 3. The van der Waals surface area contributed by atoms with Gasteiger partial charge in [0.2, 0.25) is 11.9 Å². The van der Waals surface area contributed by atoms with Crippen molar-refractivity contribution >= 4 is 11.9 Å². The predicted molar refractivity (Wildman–Crippen MR) is 68.8 cm³/mol. The second-order valence-corrected chi connectivity index (χ2v) is 4.26. The van der Waals surface area contributed by atoms with E-state index in [0.29, 0.717) is 12.5 Å². The molecule has 0 saturated carbocycles. The number of nitrogens with one attached hydrogen (secondary N) is 1. The molecule has 1 fully saturated rings. The summed E-state index contributed by atoms with van der Waals surface area (Å²) in [5, 5.41) is 2.73. The molecule has 0 aliphatic carbocycles. The van der Waals surface area contributed by atoms with Gasteiger partial charge in [0, 0.05) is 25.5 Å². The maximum Gasteiger partial charge on any atom is 0.225 e. The fourth-order valence-electron chi connectivity index (χ4n) is 2.11. The molecule has 0 aromatic carbocycles. The number of hydrogen-bond donors (Lipinski definition) is 1. The van der Waals surface area contributed by atoms with Gasteiger partial charge in [0.15, 0.2) is 0 Å². The molecular formula is C13H16N4O. The molecule has 1 amide bonds. The van der Waals surface area contributed by atoms with E-state index < -0.39 is 0 Å². The van der Waals surface area contributed by atoms with Crippen molar-refractivity contribution in [3.05, 3.63) is 18.5 Å². The lowest BCUT2D eigenvalue weighted by atomic mass is 9.97. The second-order valence-electron chi connectivity index (χ2n) is 4.26. The van der Waals surface area contributed by atoms with Crippen molar-refractivity contribution in [2.45, 2.75) is 12.8 Å². The number of piperidine rings is 1. The zero-order chi connectivity index (χ0) is 12.8. The molecule has 5 heteroatoms. The Morgan fingerprint density at radius 1 is 1.56 bits per heavy atom. The molecule has 2 rings (SSSR count). The fraction of sp³-hybridized carbons (Fsp3) is 0.462. The van der Waals surface area contributed by atoms with Gasteiger partial charge in [-0.05, 0) is 18.9 Å². The van der Waals surface area contributed by atoms with E-state index >= 15 is 0 Å². The van der Waals surface area contributed by atoms with Gasteiger partial charge in [-0.15, -0.1) is 6.42 Å². The van der Waals surface area contributed by atoms with Crippen LogP contribution < -0.4 is 10.2 Å². The van der Waals surface area contributed by atoms with Gasteiger partial charge in [-0.2, -0.15) is 0 Å². The molecule has 0 spiro atoms. The Bertz CT molecular complexity index is 440. The molecule has 2 heterocycles. The number of anilines is 1. The van der Waals surface area contributed by atoms with E-state index in [1.165, 1.54) is 0 Å². The summed E-state index contributed by atoms with van der Waals surface area (Å²) in [4.78, 5) is 22.3. The first-order valence-corrected chi connectivity index (χ1v) is 6.04. The molecule has 1 aliphatic heterocycles. The molecule has 1 aromatic heterocycles. The number of terminal acetylenes is 1. The first-order chi connectivity index (χ1) is 8.81. The Morgan fingerprint density at radius 3 is 3.06 bits per heavy atom. The van der Waals surface area contributed by atoms with Crippen molar-refractivity contribution in [1.82, 2.24) is 15.3 Å². The Kier molecular flexibility index (Phi) is 4.13. The van der Waals surface area contributed by atoms with E-state index in [-0.39, 0.29) is 18.4 Å². The summed E-state index contributed by atoms with van der Waals surface area (Å²) >= 11 is 0. The van der Waals surface area contributed by atoms with Crippen LogP contribution in [-0.2, 0) is 4.79 Å². The van der Waals surface area contributed by atoms with Crippen LogP contribution in [0.2, 0.25) is 0 Å². The molecular weight excluding hydrogens is 228 g/mol. The highest BCUT2D eigenvalue weighted by molar-refractivity contribution is 5.79. The normalized spacial score (nSPS) is 19.1. The number of rotatable bonds is 3. The summed E-state index contributed by atoms with van der Waals surface area (Å²) in [6.07, 6.45) is 10.4. The Labute approximate surface area is 107 Å². The third-order valence-corrected chi connectivity index (χ3v) is 2.99. The molecule has 1 saturated heterocycles. The Balaban J connectivity index is 1.97. The van der Waals surface area contributed by atoms with Crippen molar-refractivity contribution in [2.24, 2.45) is 5.92 Å². The number of hydrogen-bond acceptors (Lipinski definition) is 4. The molecule has 5 nitrogen and oxygen atoms in total. The minimum absolute atomic E-state index is 0.0218. The maximum atomic E-state index is 11.9. The van der Waals surface area contributed by atoms with Crippen LogP contribution in [0.5, 0.6) is 0 Å². The average Bonchev–Trinajstić information content (AvgIpc) is 2.46. The number of carbonyl (C=O) groups is 1. The van der Waals surface area contributed by atoms with Gasteiger partial charge in [-0.25, -0.2) is 9.97 Å². The second kappa shape index (κ2) is 6.01. The largest absolute Gasteiger partial charge is 0.345 e. The number of amides is 1. The molecule has 0 bridgehead atoms. The van der Waals surface area contributed by atoms with Crippen molar-refractivity contribution in [1.29, 1.82) is 0 Å². The minimum atomic E-state index is -0.0316. The summed E-state index contributed by atoms with van der Waals surface area (Å²) < 4.78 is 0. The molecule has 1 unspecified atom stereocenters. The van der Waals surface area contributed by atoms with Crippen LogP contribution in [0.15, 0.2) is 18.5 Å². The highest BCUT2D eigenvalue weighted by atomic mass is 16.1. The van der Waals surface area contributed by atoms with Gasteiger partial charge >= 0.3 is 0 Å². The molecule has 0 radical (unpaired) electrons. The first-order valence-electron chi connectivity index (χ1n) is 6.04. The standard InChI is InChI=1S/C13H16N4O/c1-2-6-14-12(18)11-5-3-9-17(10-11)13-15-7-4-8-16-13/h1,4,7-8,11H,3,5-6,9-10H2,(H,14,18). The van der Waals surface area contributed by atoms with E-state index in [0.717, 1.165) is 19.4 Å². The van der Waals surface area contributed by atoms with E-state index in [1.54, 1.807) is 18.5 Å². The third-order valence-electron chi connectivity index (χ3n) is 2.99. The van der Waals surface area contributed by atoms with Crippen LogP contribution in [-0.4, -0.2) is 35.5 Å². The summed E-state index contributed by atoms with van der Waals surface area (Å²) in [7, 11) is 0. The average molecular weight is 244 g/mol. The topological polar surface area (TPSA) is 58.1 Å². The molecule has 1 atom stereocenters. The zero-order valence-electron chi connectivity index (χ0n) is 10.2. The fourth-order valence-corrected chi connectivity index (χ4v) is 2.11. The number of aromatic nitrogens is 2. The predicted octanol–water partition coefficient (Wildman–Crippen LogP) is 0.442. The van der Waals surface area contributed by atoms with Gasteiger partial charge in [0.1, 0.15) is 0 Å². The van der Waals surface area contributed by atoms with Gasteiger partial charge in [0.05, 0.1) is 12.5 Å². The molecule has 18 heavy (non-hydrogen) atoms.